The van der Waals surface area contributed by atoms with E-state index >= 15 is 0 Å². The average Bonchev–Trinajstić information content (AvgIpc) is 2.99. The zero-order valence-corrected chi connectivity index (χ0v) is 25.8. The first-order valence-electron chi connectivity index (χ1n) is 14.2. The number of sulfonamides is 1. The monoisotopic (exact) mass is 611 g/mol. The number of nitrogens with zero attached hydrogens (tertiary/aromatic N) is 2. The standard InChI is InChI=1S/C32H38ClN3O5S/c1-23-9-7-13-28(19-23)36(42(39,40)30-17-15-26(33)16-18-30)22-31(37)35(21-25-10-8-14-29(20-25)41-3)24(2)32(38)34-27-11-5-4-6-12-27/h7-10,13-20,24,27H,4-6,11-12,21-22H2,1-3H3,(H,34,38). The van der Waals surface area contributed by atoms with Crippen LogP contribution in [0.25, 0.3) is 0 Å². The number of benzene rings is 3. The van der Waals surface area contributed by atoms with Crippen molar-refractivity contribution in [3.63, 3.8) is 0 Å². The van der Waals surface area contributed by atoms with E-state index in [0.29, 0.717) is 16.5 Å². The molecule has 0 saturated heterocycles. The number of hydrogen-bond acceptors (Lipinski definition) is 5. The highest BCUT2D eigenvalue weighted by Gasteiger charge is 2.33. The number of carbonyl (C=O) groups excluding carboxylic acids is 2. The molecule has 0 aromatic heterocycles. The first-order valence-corrected chi connectivity index (χ1v) is 16.0. The Hall–Kier alpha value is -3.56. The van der Waals surface area contributed by atoms with Crippen molar-refractivity contribution < 1.29 is 22.7 Å². The van der Waals surface area contributed by atoms with Crippen LogP contribution in [0.2, 0.25) is 5.02 Å². The van der Waals surface area contributed by atoms with Crippen LogP contribution in [-0.4, -0.2) is 50.9 Å². The molecule has 8 nitrogen and oxygen atoms in total. The first kappa shape index (κ1) is 31.4. The minimum Gasteiger partial charge on any atom is -0.497 e. The summed E-state index contributed by atoms with van der Waals surface area (Å²) in [5.74, 6) is -0.158. The third-order valence-corrected chi connectivity index (χ3v) is 9.62. The van der Waals surface area contributed by atoms with E-state index in [0.717, 1.165) is 47.5 Å². The Morgan fingerprint density at radius 2 is 1.69 bits per heavy atom. The number of methoxy groups -OCH3 is 1. The van der Waals surface area contributed by atoms with E-state index in [-0.39, 0.29) is 23.4 Å². The molecular weight excluding hydrogens is 574 g/mol. The maximum absolute atomic E-state index is 14.1. The molecular formula is C32H38ClN3O5S. The average molecular weight is 612 g/mol. The molecule has 10 heteroatoms. The summed E-state index contributed by atoms with van der Waals surface area (Å²) in [6.07, 6.45) is 5.07. The number of ether oxygens (including phenoxy) is 1. The molecule has 1 atom stereocenters. The van der Waals surface area contributed by atoms with E-state index in [2.05, 4.69) is 5.32 Å². The molecule has 1 aliphatic rings. The van der Waals surface area contributed by atoms with Crippen molar-refractivity contribution >= 4 is 39.1 Å². The molecule has 4 rings (SSSR count). The number of nitrogens with one attached hydrogen (secondary N) is 1. The summed E-state index contributed by atoms with van der Waals surface area (Å²) in [4.78, 5) is 29.0. The van der Waals surface area contributed by atoms with E-state index in [1.165, 1.54) is 29.2 Å². The minimum atomic E-state index is -4.16. The van der Waals surface area contributed by atoms with Crippen LogP contribution in [0, 0.1) is 6.92 Å². The van der Waals surface area contributed by atoms with Crippen LogP contribution in [0.15, 0.2) is 77.7 Å². The molecule has 1 saturated carbocycles. The molecule has 3 aromatic carbocycles. The molecule has 1 fully saturated rings. The summed E-state index contributed by atoms with van der Waals surface area (Å²) in [6, 6.07) is 19.3. The van der Waals surface area contributed by atoms with Gasteiger partial charge in [0, 0.05) is 17.6 Å². The van der Waals surface area contributed by atoms with Crippen molar-refractivity contribution in [1.82, 2.24) is 10.2 Å². The number of carbonyl (C=O) groups is 2. The van der Waals surface area contributed by atoms with Gasteiger partial charge < -0.3 is 15.0 Å². The molecule has 2 amide bonds. The highest BCUT2D eigenvalue weighted by atomic mass is 35.5. The lowest BCUT2D eigenvalue weighted by Crippen LogP contribution is -2.53. The summed E-state index contributed by atoms with van der Waals surface area (Å²) in [7, 11) is -2.60. The summed E-state index contributed by atoms with van der Waals surface area (Å²) in [5.41, 5.74) is 1.94. The maximum atomic E-state index is 14.1. The number of rotatable bonds is 11. The van der Waals surface area contributed by atoms with Crippen LogP contribution >= 0.6 is 11.6 Å². The van der Waals surface area contributed by atoms with Crippen molar-refractivity contribution in [2.24, 2.45) is 0 Å². The van der Waals surface area contributed by atoms with Crippen LogP contribution in [-0.2, 0) is 26.2 Å². The second-order valence-electron chi connectivity index (χ2n) is 10.7. The fourth-order valence-electron chi connectivity index (χ4n) is 5.16. The number of halogens is 1. The lowest BCUT2D eigenvalue weighted by molar-refractivity contribution is -0.139. The summed E-state index contributed by atoms with van der Waals surface area (Å²) in [6.45, 7) is 3.13. The van der Waals surface area contributed by atoms with Gasteiger partial charge in [-0.25, -0.2) is 8.42 Å². The molecule has 0 radical (unpaired) electrons. The third kappa shape index (κ3) is 7.83. The van der Waals surface area contributed by atoms with Crippen LogP contribution < -0.4 is 14.4 Å². The SMILES string of the molecule is COc1cccc(CN(C(=O)CN(c2cccc(C)c2)S(=O)(=O)c2ccc(Cl)cc2)C(C)C(=O)NC2CCCCC2)c1. The first-order chi connectivity index (χ1) is 20.1. The summed E-state index contributed by atoms with van der Waals surface area (Å²) >= 11 is 6.02. The Bertz CT molecular complexity index is 1490. The van der Waals surface area contributed by atoms with E-state index in [9.17, 15) is 18.0 Å². The van der Waals surface area contributed by atoms with Gasteiger partial charge in [-0.2, -0.15) is 0 Å². The van der Waals surface area contributed by atoms with Gasteiger partial charge in [-0.15, -0.1) is 0 Å². The third-order valence-electron chi connectivity index (χ3n) is 7.58. The van der Waals surface area contributed by atoms with Gasteiger partial charge in [0.1, 0.15) is 18.3 Å². The van der Waals surface area contributed by atoms with Crippen LogP contribution in [0.4, 0.5) is 5.69 Å². The second kappa shape index (κ2) is 14.1. The van der Waals surface area contributed by atoms with Crippen LogP contribution in [0.3, 0.4) is 0 Å². The summed E-state index contributed by atoms with van der Waals surface area (Å²) in [5, 5.41) is 3.51. The Balaban J connectivity index is 1.68. The van der Waals surface area contributed by atoms with Crippen molar-refractivity contribution in [2.45, 2.75) is 69.5 Å². The molecule has 3 aromatic rings. The fourth-order valence-corrected chi connectivity index (χ4v) is 6.70. The zero-order valence-electron chi connectivity index (χ0n) is 24.3. The molecule has 224 valence electrons. The van der Waals surface area contributed by atoms with E-state index < -0.39 is 28.5 Å². The molecule has 1 N–H and O–H groups in total. The van der Waals surface area contributed by atoms with Crippen molar-refractivity contribution in [3.8, 4) is 5.75 Å². The molecule has 0 aliphatic heterocycles. The number of hydrogen-bond donors (Lipinski definition) is 1. The Kier molecular flexibility index (Phi) is 10.5. The maximum Gasteiger partial charge on any atom is 0.264 e. The summed E-state index contributed by atoms with van der Waals surface area (Å²) < 4.78 is 34.3. The highest BCUT2D eigenvalue weighted by molar-refractivity contribution is 7.92. The van der Waals surface area contributed by atoms with Gasteiger partial charge in [-0.1, -0.05) is 55.1 Å². The number of anilines is 1. The van der Waals surface area contributed by atoms with E-state index in [1.807, 2.05) is 25.1 Å². The van der Waals surface area contributed by atoms with Gasteiger partial charge in [0.15, 0.2) is 0 Å². The van der Waals surface area contributed by atoms with Gasteiger partial charge in [-0.05, 0) is 86.3 Å². The highest BCUT2D eigenvalue weighted by Crippen LogP contribution is 2.27. The molecule has 0 bridgehead atoms. The molecule has 0 spiro atoms. The van der Waals surface area contributed by atoms with Crippen molar-refractivity contribution in [3.05, 3.63) is 88.9 Å². The van der Waals surface area contributed by atoms with Crippen molar-refractivity contribution in [1.29, 1.82) is 0 Å². The predicted molar refractivity (Wildman–Crippen MR) is 165 cm³/mol. The largest absolute Gasteiger partial charge is 0.497 e. The number of aryl methyl sites for hydroxylation is 1. The Morgan fingerprint density at radius 3 is 2.36 bits per heavy atom. The van der Waals surface area contributed by atoms with Gasteiger partial charge in [-0.3, -0.25) is 13.9 Å². The lowest BCUT2D eigenvalue weighted by atomic mass is 9.95. The van der Waals surface area contributed by atoms with E-state index in [4.69, 9.17) is 16.3 Å². The van der Waals surface area contributed by atoms with Gasteiger partial charge in [0.05, 0.1) is 17.7 Å². The van der Waals surface area contributed by atoms with E-state index in [1.54, 1.807) is 44.4 Å². The fraction of sp³-hybridized carbons (Fsp3) is 0.375. The predicted octanol–water partition coefficient (Wildman–Crippen LogP) is 5.72. The second-order valence-corrected chi connectivity index (χ2v) is 13.0. The van der Waals surface area contributed by atoms with Gasteiger partial charge in [0.25, 0.3) is 10.0 Å². The normalized spacial score (nSPS) is 14.6. The lowest BCUT2D eigenvalue weighted by Gasteiger charge is -2.33. The van der Waals surface area contributed by atoms with Crippen LogP contribution in [0.1, 0.15) is 50.2 Å². The van der Waals surface area contributed by atoms with Crippen LogP contribution in [0.5, 0.6) is 5.75 Å². The van der Waals surface area contributed by atoms with Crippen molar-refractivity contribution in [2.75, 3.05) is 18.0 Å². The minimum absolute atomic E-state index is 0.00337. The zero-order chi connectivity index (χ0) is 30.3. The number of amides is 2. The van der Waals surface area contributed by atoms with Gasteiger partial charge >= 0.3 is 0 Å². The molecule has 1 aliphatic carbocycles. The molecule has 1 unspecified atom stereocenters. The smallest absolute Gasteiger partial charge is 0.264 e. The molecule has 42 heavy (non-hydrogen) atoms. The quantitative estimate of drug-likeness (QED) is 0.299. The molecule has 0 heterocycles. The Morgan fingerprint density at radius 1 is 1.00 bits per heavy atom. The van der Waals surface area contributed by atoms with Gasteiger partial charge in [0.2, 0.25) is 11.8 Å². The Labute approximate surface area is 253 Å². The topological polar surface area (TPSA) is 96.0 Å².